The summed E-state index contributed by atoms with van der Waals surface area (Å²) in [6.07, 6.45) is 4.75. The molecule has 0 aromatic carbocycles. The first-order chi connectivity index (χ1) is 8.47. The van der Waals surface area contributed by atoms with Gasteiger partial charge in [-0.1, -0.05) is 19.9 Å². The number of carbonyl (C=O) groups excluding carboxylic acids is 1. The molecule has 4 nitrogen and oxygen atoms in total. The van der Waals surface area contributed by atoms with Crippen LogP contribution in [0.2, 0.25) is 0 Å². The fraction of sp³-hybridized carbons (Fsp3) is 0.500. The average Bonchev–Trinajstić information content (AvgIpc) is 2.81. The third-order valence-corrected chi connectivity index (χ3v) is 4.45. The normalized spacial score (nSPS) is 33.7. The SMILES string of the molecule is [C-]#[N+]C1=C[C@]2(C)c3nn(C)cc3C[C@H]2[C@H](C)C1=O. The Morgan fingerprint density at radius 1 is 1.61 bits per heavy atom. The number of nitrogens with zero attached hydrogens (tertiary/aromatic N) is 3. The second kappa shape index (κ2) is 3.32. The molecule has 4 heteroatoms. The monoisotopic (exact) mass is 241 g/mol. The van der Waals surface area contributed by atoms with E-state index in [0.717, 1.165) is 12.1 Å². The van der Waals surface area contributed by atoms with E-state index in [9.17, 15) is 4.79 Å². The summed E-state index contributed by atoms with van der Waals surface area (Å²) in [6.45, 7) is 11.2. The molecule has 0 bridgehead atoms. The number of Topliss-reactive ketones (excluding diaryl/α,β-unsaturated/α-hetero) is 1. The number of hydrogen-bond acceptors (Lipinski definition) is 2. The second-order valence-electron chi connectivity index (χ2n) is 5.56. The molecule has 1 aromatic rings. The van der Waals surface area contributed by atoms with Crippen molar-refractivity contribution in [1.82, 2.24) is 9.78 Å². The fourth-order valence-electron chi connectivity index (χ4n) is 3.50. The highest BCUT2D eigenvalue weighted by molar-refractivity contribution is 6.00. The van der Waals surface area contributed by atoms with Crippen molar-refractivity contribution in [3.8, 4) is 0 Å². The van der Waals surface area contributed by atoms with Gasteiger partial charge in [0.15, 0.2) is 5.78 Å². The van der Waals surface area contributed by atoms with Gasteiger partial charge in [-0.15, -0.1) is 0 Å². The number of allylic oxidation sites excluding steroid dienone is 2. The van der Waals surface area contributed by atoms with Gasteiger partial charge in [-0.05, 0) is 17.9 Å². The lowest BCUT2D eigenvalue weighted by atomic mass is 9.67. The number of aromatic nitrogens is 2. The summed E-state index contributed by atoms with van der Waals surface area (Å²) >= 11 is 0. The van der Waals surface area contributed by atoms with E-state index in [4.69, 9.17) is 6.57 Å². The molecular weight excluding hydrogens is 226 g/mol. The van der Waals surface area contributed by atoms with Crippen LogP contribution in [0.1, 0.15) is 25.1 Å². The van der Waals surface area contributed by atoms with Gasteiger partial charge in [0.05, 0.1) is 12.3 Å². The molecule has 92 valence electrons. The molecule has 3 atom stereocenters. The largest absolute Gasteiger partial charge is 0.308 e. The number of fused-ring (bicyclic) bond motifs is 3. The van der Waals surface area contributed by atoms with Crippen LogP contribution in [0, 0.1) is 18.4 Å². The zero-order chi connectivity index (χ0) is 13.1. The minimum absolute atomic E-state index is 0.0120. The van der Waals surface area contributed by atoms with Gasteiger partial charge in [0.1, 0.15) is 0 Å². The summed E-state index contributed by atoms with van der Waals surface area (Å²) in [5.74, 6) is 0.139. The maximum Gasteiger partial charge on any atom is 0.226 e. The number of rotatable bonds is 0. The zero-order valence-electron chi connectivity index (χ0n) is 10.8. The van der Waals surface area contributed by atoms with Crippen LogP contribution in [-0.4, -0.2) is 15.6 Å². The van der Waals surface area contributed by atoms with Crippen LogP contribution in [0.4, 0.5) is 0 Å². The Hall–Kier alpha value is -1.89. The molecule has 0 aliphatic heterocycles. The highest BCUT2D eigenvalue weighted by atomic mass is 16.1. The van der Waals surface area contributed by atoms with Gasteiger partial charge in [-0.3, -0.25) is 4.68 Å². The van der Waals surface area contributed by atoms with Gasteiger partial charge in [0.2, 0.25) is 5.70 Å². The van der Waals surface area contributed by atoms with Crippen LogP contribution < -0.4 is 0 Å². The van der Waals surface area contributed by atoms with Crippen LogP contribution in [0.3, 0.4) is 0 Å². The van der Waals surface area contributed by atoms with Crippen molar-refractivity contribution < 1.29 is 4.79 Å². The lowest BCUT2D eigenvalue weighted by Crippen LogP contribution is -2.40. The van der Waals surface area contributed by atoms with E-state index >= 15 is 0 Å². The van der Waals surface area contributed by atoms with Crippen molar-refractivity contribution in [2.75, 3.05) is 0 Å². The summed E-state index contributed by atoms with van der Waals surface area (Å²) in [5, 5.41) is 4.53. The molecule has 2 aliphatic rings. The van der Waals surface area contributed by atoms with Crippen LogP contribution in [0.5, 0.6) is 0 Å². The summed E-state index contributed by atoms with van der Waals surface area (Å²) in [7, 11) is 1.91. The molecule has 0 saturated carbocycles. The molecule has 0 N–H and O–H groups in total. The Labute approximate surface area is 106 Å². The zero-order valence-corrected chi connectivity index (χ0v) is 10.8. The number of carbonyl (C=O) groups is 1. The maximum absolute atomic E-state index is 12.1. The van der Waals surface area contributed by atoms with Gasteiger partial charge in [0.25, 0.3) is 0 Å². The molecule has 18 heavy (non-hydrogen) atoms. The first-order valence-corrected chi connectivity index (χ1v) is 6.15. The maximum atomic E-state index is 12.1. The molecule has 3 rings (SSSR count). The van der Waals surface area contributed by atoms with Gasteiger partial charge in [-0.25, -0.2) is 4.85 Å². The van der Waals surface area contributed by atoms with Crippen LogP contribution >= 0.6 is 0 Å². The van der Waals surface area contributed by atoms with Crippen molar-refractivity contribution in [2.45, 2.75) is 25.7 Å². The molecule has 0 amide bonds. The molecule has 2 aliphatic carbocycles. The standard InChI is InChI=1S/C14H15N3O/c1-8-10-5-9-7-17(4)16-13(9)14(10,2)6-11(15-3)12(8)18/h6-8,10H,5H2,1-2,4H3/t8-,10-,14-/m0/s1. The highest BCUT2D eigenvalue weighted by Crippen LogP contribution is 2.50. The van der Waals surface area contributed by atoms with E-state index in [1.807, 2.05) is 30.9 Å². The first-order valence-electron chi connectivity index (χ1n) is 6.15. The van der Waals surface area contributed by atoms with E-state index in [0.29, 0.717) is 0 Å². The number of aryl methyl sites for hydroxylation is 1. The lowest BCUT2D eigenvalue weighted by molar-refractivity contribution is -0.121. The topological polar surface area (TPSA) is 39.2 Å². The fourth-order valence-corrected chi connectivity index (χ4v) is 3.50. The van der Waals surface area contributed by atoms with Crippen molar-refractivity contribution in [3.05, 3.63) is 40.6 Å². The number of ketones is 1. The molecule has 1 aromatic heterocycles. The molecule has 0 spiro atoms. The molecule has 0 saturated heterocycles. The molecule has 0 fully saturated rings. The Morgan fingerprint density at radius 2 is 2.33 bits per heavy atom. The Kier molecular flexibility index (Phi) is 2.07. The summed E-state index contributed by atoms with van der Waals surface area (Å²) in [6, 6.07) is 0. The second-order valence-corrected chi connectivity index (χ2v) is 5.56. The predicted molar refractivity (Wildman–Crippen MR) is 66.6 cm³/mol. The van der Waals surface area contributed by atoms with E-state index < -0.39 is 0 Å². The molecule has 0 unspecified atom stereocenters. The third kappa shape index (κ3) is 1.19. The summed E-state index contributed by atoms with van der Waals surface area (Å²) < 4.78 is 1.82. The smallest absolute Gasteiger partial charge is 0.226 e. The molecule has 0 radical (unpaired) electrons. The molecule has 1 heterocycles. The van der Waals surface area contributed by atoms with Gasteiger partial charge >= 0.3 is 0 Å². The lowest BCUT2D eigenvalue weighted by Gasteiger charge is -2.36. The van der Waals surface area contributed by atoms with Crippen molar-refractivity contribution >= 4 is 5.78 Å². The predicted octanol–water partition coefficient (Wildman–Crippen LogP) is 1.87. The van der Waals surface area contributed by atoms with E-state index in [1.54, 1.807) is 0 Å². The summed E-state index contributed by atoms with van der Waals surface area (Å²) in [4.78, 5) is 15.5. The molecular formula is C14H15N3O. The highest BCUT2D eigenvalue weighted by Gasteiger charge is 2.51. The van der Waals surface area contributed by atoms with Crippen molar-refractivity contribution in [2.24, 2.45) is 18.9 Å². The van der Waals surface area contributed by atoms with Gasteiger partial charge in [-0.2, -0.15) is 5.10 Å². The Balaban J connectivity index is 2.21. The van der Waals surface area contributed by atoms with Crippen molar-refractivity contribution in [1.29, 1.82) is 0 Å². The quantitative estimate of drug-likeness (QED) is 0.650. The average molecular weight is 241 g/mol. The van der Waals surface area contributed by atoms with Crippen LogP contribution in [0.25, 0.3) is 4.85 Å². The summed E-state index contributed by atoms with van der Waals surface area (Å²) in [5.41, 5.74) is 2.27. The number of hydrogen-bond donors (Lipinski definition) is 0. The third-order valence-electron chi connectivity index (χ3n) is 4.45. The van der Waals surface area contributed by atoms with Gasteiger partial charge < -0.3 is 4.79 Å². The van der Waals surface area contributed by atoms with E-state index in [-0.39, 0.29) is 28.7 Å². The van der Waals surface area contributed by atoms with Crippen molar-refractivity contribution in [3.63, 3.8) is 0 Å². The van der Waals surface area contributed by atoms with Crippen LogP contribution in [-0.2, 0) is 23.7 Å². The van der Waals surface area contributed by atoms with Crippen LogP contribution in [0.15, 0.2) is 18.0 Å². The minimum atomic E-state index is -0.260. The van der Waals surface area contributed by atoms with E-state index in [2.05, 4.69) is 16.9 Å². The minimum Gasteiger partial charge on any atom is -0.308 e. The first kappa shape index (κ1) is 11.2. The Morgan fingerprint density at radius 3 is 3.00 bits per heavy atom. The van der Waals surface area contributed by atoms with E-state index in [1.165, 1.54) is 5.56 Å². The Bertz CT molecular complexity index is 619. The van der Waals surface area contributed by atoms with Gasteiger partial charge in [0, 0.05) is 24.6 Å².